The zero-order chi connectivity index (χ0) is 3.58. The molecular weight excluding hydrogens is 66.9 g/mol. The smallest absolute Gasteiger partial charge is 0.122 e. The number of thiol groups is 1. The van der Waals surface area contributed by atoms with Crippen LogP contribution in [0.5, 0.6) is 0 Å². The van der Waals surface area contributed by atoms with Gasteiger partial charge in [0.05, 0.1) is 0 Å². The lowest BCUT2D eigenvalue weighted by Gasteiger charge is -1.64. The SMILES string of the molecule is [B]C(=C)S. The molecule has 0 aliphatic rings. The number of rotatable bonds is 0. The standard InChI is InChI=1S/C2H3BS/c1-2(3)4/h4H,1H2. The summed E-state index contributed by atoms with van der Waals surface area (Å²) in [6, 6.07) is 0. The van der Waals surface area contributed by atoms with Crippen LogP contribution in [0.1, 0.15) is 0 Å². The Kier molecular flexibility index (Phi) is 1.53. The van der Waals surface area contributed by atoms with E-state index in [1.165, 1.54) is 0 Å². The van der Waals surface area contributed by atoms with E-state index in [9.17, 15) is 0 Å². The van der Waals surface area contributed by atoms with Crippen molar-refractivity contribution in [2.24, 2.45) is 0 Å². The molecule has 0 nitrogen and oxygen atoms in total. The van der Waals surface area contributed by atoms with E-state index in [0.29, 0.717) is 4.80 Å². The van der Waals surface area contributed by atoms with Crippen molar-refractivity contribution in [3.8, 4) is 0 Å². The third kappa shape index (κ3) is 120. The fraction of sp³-hybridized carbons (Fsp3) is 0. The Balaban J connectivity index is 2.80. The number of hydrogen-bond acceptors (Lipinski definition) is 1. The van der Waals surface area contributed by atoms with E-state index >= 15 is 0 Å². The molecule has 0 unspecified atom stereocenters. The summed E-state index contributed by atoms with van der Waals surface area (Å²) in [7, 11) is 4.78. The summed E-state index contributed by atoms with van der Waals surface area (Å²) >= 11 is 3.55. The average Bonchev–Trinajstić information content (AvgIpc) is 0.811. The third-order valence-corrected chi connectivity index (χ3v) is 0. The van der Waals surface area contributed by atoms with Crippen LogP contribution in [-0.4, -0.2) is 7.85 Å². The van der Waals surface area contributed by atoms with Gasteiger partial charge in [-0.2, -0.15) is 12.6 Å². The minimum Gasteiger partial charge on any atom is -0.160 e. The molecule has 0 aromatic heterocycles. The van der Waals surface area contributed by atoms with Crippen LogP contribution in [-0.2, 0) is 0 Å². The topological polar surface area (TPSA) is 0 Å². The van der Waals surface area contributed by atoms with Gasteiger partial charge in [-0.1, -0.05) is 4.80 Å². The van der Waals surface area contributed by atoms with Crippen LogP contribution < -0.4 is 0 Å². The molecule has 0 bridgehead atoms. The Morgan fingerprint density at radius 3 is 2.00 bits per heavy atom. The Morgan fingerprint density at radius 1 is 2.00 bits per heavy atom. The summed E-state index contributed by atoms with van der Waals surface area (Å²) in [6.45, 7) is 3.20. The van der Waals surface area contributed by atoms with E-state index in [1.54, 1.807) is 0 Å². The van der Waals surface area contributed by atoms with Gasteiger partial charge in [-0.25, -0.2) is 0 Å². The monoisotopic (exact) mass is 70.0 g/mol. The van der Waals surface area contributed by atoms with Crippen molar-refractivity contribution in [3.05, 3.63) is 11.4 Å². The van der Waals surface area contributed by atoms with Gasteiger partial charge in [0.25, 0.3) is 0 Å². The predicted molar refractivity (Wildman–Crippen MR) is 23.9 cm³/mol. The first-order chi connectivity index (χ1) is 1.73. The van der Waals surface area contributed by atoms with Crippen molar-refractivity contribution >= 4 is 20.5 Å². The molecule has 0 fully saturated rings. The van der Waals surface area contributed by atoms with Crippen molar-refractivity contribution in [3.63, 3.8) is 0 Å². The van der Waals surface area contributed by atoms with Gasteiger partial charge in [0.1, 0.15) is 7.85 Å². The molecule has 2 heteroatoms. The molecular formula is C2H3BS. The second kappa shape index (κ2) is 1.47. The maximum atomic E-state index is 4.78. The molecule has 0 N–H and O–H groups in total. The molecule has 0 spiro atoms. The summed E-state index contributed by atoms with van der Waals surface area (Å²) in [5, 5.41) is 0. The normalized spacial score (nSPS) is 6.25. The van der Waals surface area contributed by atoms with E-state index in [1.807, 2.05) is 0 Å². The highest BCUT2D eigenvalue weighted by Gasteiger charge is 1.53. The third-order valence-electron chi connectivity index (χ3n) is 0. The molecule has 20 valence electrons. The molecule has 0 aromatic carbocycles. The van der Waals surface area contributed by atoms with E-state index in [2.05, 4.69) is 19.2 Å². The molecule has 2 radical (unpaired) electrons. The first kappa shape index (κ1) is 4.15. The molecule has 0 saturated carbocycles. The first-order valence-electron chi connectivity index (χ1n) is 0.866. The fourth-order valence-electron chi connectivity index (χ4n) is 0. The highest BCUT2D eigenvalue weighted by Crippen LogP contribution is 1.79. The maximum absolute atomic E-state index is 4.78. The molecule has 0 amide bonds. The molecule has 0 aliphatic heterocycles. The van der Waals surface area contributed by atoms with Gasteiger partial charge in [0.2, 0.25) is 0 Å². The van der Waals surface area contributed by atoms with Crippen LogP contribution >= 0.6 is 12.6 Å². The van der Waals surface area contributed by atoms with E-state index in [4.69, 9.17) is 7.85 Å². The summed E-state index contributed by atoms with van der Waals surface area (Å²) in [5.41, 5.74) is 0. The molecule has 0 heterocycles. The minimum atomic E-state index is 0.361. The lowest BCUT2D eigenvalue weighted by atomic mass is 10.2. The lowest BCUT2D eigenvalue weighted by molar-refractivity contribution is 2.51. The van der Waals surface area contributed by atoms with Crippen LogP contribution in [0.3, 0.4) is 0 Å². The van der Waals surface area contributed by atoms with Crippen molar-refractivity contribution in [2.45, 2.75) is 0 Å². The molecule has 0 rings (SSSR count). The predicted octanol–water partition coefficient (Wildman–Crippen LogP) is 0.556. The van der Waals surface area contributed by atoms with Gasteiger partial charge in [-0.3, -0.25) is 0 Å². The van der Waals surface area contributed by atoms with Gasteiger partial charge in [-0.05, 0) is 0 Å². The van der Waals surface area contributed by atoms with Gasteiger partial charge in [0, 0.05) is 0 Å². The highest BCUT2D eigenvalue weighted by molar-refractivity contribution is 7.86. The molecule has 0 aromatic rings. The van der Waals surface area contributed by atoms with Gasteiger partial charge in [0.15, 0.2) is 0 Å². The second-order valence-corrected chi connectivity index (χ2v) is 1.07. The van der Waals surface area contributed by atoms with E-state index in [-0.39, 0.29) is 0 Å². The van der Waals surface area contributed by atoms with Crippen molar-refractivity contribution in [1.29, 1.82) is 0 Å². The van der Waals surface area contributed by atoms with Crippen molar-refractivity contribution in [2.75, 3.05) is 0 Å². The Bertz CT molecular complexity index is 29.0. The summed E-state index contributed by atoms with van der Waals surface area (Å²) in [6.07, 6.45) is 0. The summed E-state index contributed by atoms with van der Waals surface area (Å²) in [4.78, 5) is 0.361. The van der Waals surface area contributed by atoms with Gasteiger partial charge in [-0.15, -0.1) is 6.58 Å². The zero-order valence-electron chi connectivity index (χ0n) is 2.23. The minimum absolute atomic E-state index is 0.361. The van der Waals surface area contributed by atoms with Gasteiger partial charge < -0.3 is 0 Å². The van der Waals surface area contributed by atoms with E-state index < -0.39 is 0 Å². The van der Waals surface area contributed by atoms with E-state index in [0.717, 1.165) is 0 Å². The Morgan fingerprint density at radius 2 is 2.00 bits per heavy atom. The van der Waals surface area contributed by atoms with Crippen LogP contribution in [0, 0.1) is 0 Å². The molecule has 0 aliphatic carbocycles. The van der Waals surface area contributed by atoms with Crippen LogP contribution in [0.15, 0.2) is 11.4 Å². The highest BCUT2D eigenvalue weighted by atomic mass is 32.1. The number of hydrogen-bond donors (Lipinski definition) is 1. The van der Waals surface area contributed by atoms with Crippen LogP contribution in [0.25, 0.3) is 0 Å². The molecule has 0 atom stereocenters. The van der Waals surface area contributed by atoms with Gasteiger partial charge >= 0.3 is 0 Å². The fourth-order valence-corrected chi connectivity index (χ4v) is 0. The molecule has 0 saturated heterocycles. The Labute approximate surface area is 32.7 Å². The quantitative estimate of drug-likeness (QED) is 0.312. The lowest BCUT2D eigenvalue weighted by Crippen LogP contribution is -1.50. The summed E-state index contributed by atoms with van der Waals surface area (Å²) < 4.78 is 0. The average molecular weight is 69.9 g/mol. The zero-order valence-corrected chi connectivity index (χ0v) is 3.13. The first-order valence-corrected chi connectivity index (χ1v) is 1.31. The van der Waals surface area contributed by atoms with Crippen molar-refractivity contribution < 1.29 is 0 Å². The largest absolute Gasteiger partial charge is 0.160 e. The van der Waals surface area contributed by atoms with Crippen LogP contribution in [0.2, 0.25) is 0 Å². The maximum Gasteiger partial charge on any atom is 0.122 e. The van der Waals surface area contributed by atoms with Crippen LogP contribution in [0.4, 0.5) is 0 Å². The van der Waals surface area contributed by atoms with Crippen molar-refractivity contribution in [1.82, 2.24) is 0 Å². The Hall–Kier alpha value is 0.155. The summed E-state index contributed by atoms with van der Waals surface area (Å²) in [5.74, 6) is 0. The molecule has 4 heavy (non-hydrogen) atoms. The second-order valence-electron chi connectivity index (χ2n) is 0.491.